The summed E-state index contributed by atoms with van der Waals surface area (Å²) in [5, 5.41) is 13.5. The van der Waals surface area contributed by atoms with Crippen LogP contribution in [0.25, 0.3) is 104 Å². The van der Waals surface area contributed by atoms with E-state index < -0.39 is 0 Å². The summed E-state index contributed by atoms with van der Waals surface area (Å²) in [6.45, 7) is 0. The SMILES string of the molecule is C1=Cc2oc3ccc4c(ccc5oc6cc(-c7c8ccccc8c(-c8cccc9ccccc89)c8ccccc78)ccc6c54)c3c2CC1. The van der Waals surface area contributed by atoms with E-state index in [1.165, 1.54) is 76.1 Å². The Morgan fingerprint density at radius 1 is 0.438 bits per heavy atom. The number of benzene rings is 8. The topological polar surface area (TPSA) is 26.3 Å². The molecule has 2 heterocycles. The van der Waals surface area contributed by atoms with Crippen molar-refractivity contribution in [3.8, 4) is 22.3 Å². The van der Waals surface area contributed by atoms with Crippen molar-refractivity contribution < 1.29 is 8.83 Å². The van der Waals surface area contributed by atoms with Gasteiger partial charge in [-0.1, -0.05) is 103 Å². The van der Waals surface area contributed by atoms with E-state index in [4.69, 9.17) is 8.83 Å². The Kier molecular flexibility index (Phi) is 5.25. The molecule has 2 aromatic heterocycles. The van der Waals surface area contributed by atoms with Crippen molar-refractivity contribution in [2.24, 2.45) is 0 Å². The Bertz CT molecular complexity index is 2940. The second-order valence-corrected chi connectivity index (χ2v) is 13.0. The standard InChI is InChI=1S/C46H28O2/c1-2-12-29-27(10-1)11-9-18-30(29)44-33-15-5-3-13-31(33)43(32-14-4-6-16-34(32)44)28-20-21-38-42(26-28)48-41-25-23-35-36(46(38)41)22-24-40-45(35)37-17-7-8-19-39(37)47-40/h1-6,8-16,18-26H,7,17H2. The van der Waals surface area contributed by atoms with Crippen molar-refractivity contribution >= 4 is 82.1 Å². The summed E-state index contributed by atoms with van der Waals surface area (Å²) >= 11 is 0. The molecule has 0 spiro atoms. The molecule has 0 N–H and O–H groups in total. The molecule has 0 atom stereocenters. The van der Waals surface area contributed by atoms with E-state index in [0.717, 1.165) is 46.3 Å². The summed E-state index contributed by atoms with van der Waals surface area (Å²) in [7, 11) is 0. The van der Waals surface area contributed by atoms with Crippen molar-refractivity contribution in [1.82, 2.24) is 0 Å². The third-order valence-electron chi connectivity index (χ3n) is 10.5. The van der Waals surface area contributed by atoms with Gasteiger partial charge in [0.15, 0.2) is 0 Å². The molecule has 224 valence electrons. The van der Waals surface area contributed by atoms with Gasteiger partial charge in [0.05, 0.1) is 0 Å². The first-order chi connectivity index (χ1) is 23.8. The zero-order valence-corrected chi connectivity index (χ0v) is 26.1. The Morgan fingerprint density at radius 2 is 1.06 bits per heavy atom. The third kappa shape index (κ3) is 3.52. The molecule has 0 aliphatic heterocycles. The molecule has 8 aromatic carbocycles. The van der Waals surface area contributed by atoms with E-state index in [0.29, 0.717) is 0 Å². The summed E-state index contributed by atoms with van der Waals surface area (Å²) in [5.41, 5.74) is 9.01. The van der Waals surface area contributed by atoms with Crippen LogP contribution < -0.4 is 0 Å². The Labute approximate surface area is 276 Å². The zero-order chi connectivity index (χ0) is 31.3. The summed E-state index contributed by atoms with van der Waals surface area (Å²) < 4.78 is 12.9. The molecule has 0 unspecified atom stereocenters. The van der Waals surface area contributed by atoms with Crippen LogP contribution in [0.4, 0.5) is 0 Å². The predicted molar refractivity (Wildman–Crippen MR) is 202 cm³/mol. The molecule has 0 saturated heterocycles. The van der Waals surface area contributed by atoms with Gasteiger partial charge >= 0.3 is 0 Å². The molecule has 0 bridgehead atoms. The van der Waals surface area contributed by atoms with E-state index in [9.17, 15) is 0 Å². The highest BCUT2D eigenvalue weighted by atomic mass is 16.3. The lowest BCUT2D eigenvalue weighted by Gasteiger charge is -2.18. The molecule has 1 aliphatic carbocycles. The number of allylic oxidation sites excluding steroid dienone is 1. The Morgan fingerprint density at radius 3 is 1.83 bits per heavy atom. The van der Waals surface area contributed by atoms with Gasteiger partial charge in [-0.25, -0.2) is 0 Å². The number of aryl methyl sites for hydroxylation is 1. The van der Waals surface area contributed by atoms with Gasteiger partial charge in [-0.15, -0.1) is 0 Å². The highest BCUT2D eigenvalue weighted by Crippen LogP contribution is 2.47. The van der Waals surface area contributed by atoms with Crippen molar-refractivity contribution in [2.75, 3.05) is 0 Å². The van der Waals surface area contributed by atoms with Crippen LogP contribution in [-0.4, -0.2) is 0 Å². The lowest BCUT2D eigenvalue weighted by Crippen LogP contribution is -1.91. The molecule has 0 saturated carbocycles. The molecule has 0 amide bonds. The van der Waals surface area contributed by atoms with E-state index in [1.54, 1.807) is 0 Å². The van der Waals surface area contributed by atoms with E-state index in [1.807, 2.05) is 0 Å². The number of rotatable bonds is 2. The van der Waals surface area contributed by atoms with Gasteiger partial charge in [0.2, 0.25) is 0 Å². The molecule has 2 nitrogen and oxygen atoms in total. The lowest BCUT2D eigenvalue weighted by atomic mass is 9.84. The fourth-order valence-corrected chi connectivity index (χ4v) is 8.49. The van der Waals surface area contributed by atoms with E-state index in [-0.39, 0.29) is 0 Å². The molecular formula is C46H28O2. The van der Waals surface area contributed by atoms with Crippen LogP contribution in [0.5, 0.6) is 0 Å². The van der Waals surface area contributed by atoms with E-state index in [2.05, 4.69) is 146 Å². The molecule has 0 fully saturated rings. The fourth-order valence-electron chi connectivity index (χ4n) is 8.49. The molecule has 48 heavy (non-hydrogen) atoms. The quantitative estimate of drug-likeness (QED) is 0.182. The fraction of sp³-hybridized carbons (Fsp3) is 0.0435. The first-order valence-electron chi connectivity index (χ1n) is 16.7. The molecule has 11 rings (SSSR count). The predicted octanol–water partition coefficient (Wildman–Crippen LogP) is 13.2. The number of hydrogen-bond acceptors (Lipinski definition) is 2. The van der Waals surface area contributed by atoms with Crippen molar-refractivity contribution in [3.63, 3.8) is 0 Å². The van der Waals surface area contributed by atoms with E-state index >= 15 is 0 Å². The lowest BCUT2D eigenvalue weighted by molar-refractivity contribution is 0.595. The smallest absolute Gasteiger partial charge is 0.136 e. The molecule has 1 aliphatic rings. The maximum Gasteiger partial charge on any atom is 0.136 e. The van der Waals surface area contributed by atoms with Crippen LogP contribution in [0.2, 0.25) is 0 Å². The van der Waals surface area contributed by atoms with Crippen LogP contribution >= 0.6 is 0 Å². The number of furan rings is 2. The van der Waals surface area contributed by atoms with Crippen molar-refractivity contribution in [1.29, 1.82) is 0 Å². The maximum atomic E-state index is 6.66. The highest BCUT2D eigenvalue weighted by Gasteiger charge is 2.21. The van der Waals surface area contributed by atoms with Crippen LogP contribution in [0.15, 0.2) is 148 Å². The molecule has 10 aromatic rings. The van der Waals surface area contributed by atoms with Crippen molar-refractivity contribution in [3.05, 3.63) is 151 Å². The average molecular weight is 613 g/mol. The largest absolute Gasteiger partial charge is 0.456 e. The summed E-state index contributed by atoms with van der Waals surface area (Å²) in [4.78, 5) is 0. The third-order valence-corrected chi connectivity index (χ3v) is 10.5. The second-order valence-electron chi connectivity index (χ2n) is 13.0. The summed E-state index contributed by atoms with van der Waals surface area (Å²) in [6.07, 6.45) is 6.38. The monoisotopic (exact) mass is 612 g/mol. The Hall–Kier alpha value is -6.12. The minimum absolute atomic E-state index is 0.901. The van der Waals surface area contributed by atoms with Crippen LogP contribution in [0.1, 0.15) is 17.7 Å². The maximum absolute atomic E-state index is 6.66. The van der Waals surface area contributed by atoms with Crippen LogP contribution in [0, 0.1) is 0 Å². The van der Waals surface area contributed by atoms with Crippen LogP contribution in [0.3, 0.4) is 0 Å². The summed E-state index contributed by atoms with van der Waals surface area (Å²) in [6, 6.07) is 48.5. The number of fused-ring (bicyclic) bond motifs is 12. The first-order valence-corrected chi connectivity index (χ1v) is 16.7. The first kappa shape index (κ1) is 26.0. The minimum Gasteiger partial charge on any atom is -0.456 e. The highest BCUT2D eigenvalue weighted by molar-refractivity contribution is 6.26. The van der Waals surface area contributed by atoms with Gasteiger partial charge in [0.25, 0.3) is 0 Å². The normalized spacial score (nSPS) is 13.2. The van der Waals surface area contributed by atoms with Gasteiger partial charge < -0.3 is 8.83 Å². The summed E-state index contributed by atoms with van der Waals surface area (Å²) in [5.74, 6) is 0.997. The Balaban J connectivity index is 1.18. The van der Waals surface area contributed by atoms with Crippen LogP contribution in [-0.2, 0) is 6.42 Å². The van der Waals surface area contributed by atoms with Gasteiger partial charge in [0, 0.05) is 21.7 Å². The van der Waals surface area contributed by atoms with Gasteiger partial charge in [-0.3, -0.25) is 0 Å². The number of hydrogen-bond donors (Lipinski definition) is 0. The molecule has 2 heteroatoms. The van der Waals surface area contributed by atoms with Crippen molar-refractivity contribution in [2.45, 2.75) is 12.8 Å². The van der Waals surface area contributed by atoms with Gasteiger partial charge in [-0.05, 0) is 121 Å². The molecular weight excluding hydrogens is 585 g/mol. The average Bonchev–Trinajstić information content (AvgIpc) is 3.72. The minimum atomic E-state index is 0.901. The second kappa shape index (κ2) is 9.70. The van der Waals surface area contributed by atoms with Gasteiger partial charge in [-0.2, -0.15) is 0 Å². The zero-order valence-electron chi connectivity index (χ0n) is 26.1. The molecule has 0 radical (unpaired) electrons. The van der Waals surface area contributed by atoms with Gasteiger partial charge in [0.1, 0.15) is 22.5 Å².